The molecule has 2 rings (SSSR count). The van der Waals surface area contributed by atoms with Gasteiger partial charge in [0, 0.05) is 12.1 Å². The maximum Gasteiger partial charge on any atom is 0.432 e. The van der Waals surface area contributed by atoms with Crippen LogP contribution >= 0.6 is 0 Å². The van der Waals surface area contributed by atoms with Crippen LogP contribution in [0.25, 0.3) is 0 Å². The average molecular weight is 315 g/mol. The zero-order valence-corrected chi connectivity index (χ0v) is 12.1. The van der Waals surface area contributed by atoms with Crippen molar-refractivity contribution >= 4 is 17.4 Å². The summed E-state index contributed by atoms with van der Waals surface area (Å²) in [6.45, 7) is 3.65. The number of carbonyl (C=O) groups is 1. The van der Waals surface area contributed by atoms with Gasteiger partial charge in [-0.1, -0.05) is 23.4 Å². The molecule has 0 saturated carbocycles. The van der Waals surface area contributed by atoms with Crippen LogP contribution < -0.4 is 10.6 Å². The number of oxime groups is 1. The number of para-hydroxylation sites is 1. The number of alkyl halides is 3. The molecular formula is C14H16F3N3O2. The Morgan fingerprint density at radius 2 is 2.00 bits per heavy atom. The largest absolute Gasteiger partial charge is 0.432 e. The molecule has 22 heavy (non-hydrogen) atoms. The van der Waals surface area contributed by atoms with Gasteiger partial charge in [0.25, 0.3) is 0 Å². The van der Waals surface area contributed by atoms with Gasteiger partial charge in [0.1, 0.15) is 0 Å². The number of amides is 2. The van der Waals surface area contributed by atoms with Gasteiger partial charge in [-0.15, -0.1) is 0 Å². The molecule has 0 radical (unpaired) electrons. The molecule has 0 fully saturated rings. The fraction of sp³-hybridized carbons (Fsp3) is 0.429. The molecule has 0 spiro atoms. The van der Waals surface area contributed by atoms with E-state index in [9.17, 15) is 18.0 Å². The van der Waals surface area contributed by atoms with Crippen molar-refractivity contribution in [1.29, 1.82) is 0 Å². The molecule has 120 valence electrons. The minimum absolute atomic E-state index is 0.0557. The number of nitrogens with zero attached hydrogens (tertiary/aromatic N) is 1. The van der Waals surface area contributed by atoms with Gasteiger partial charge < -0.3 is 15.5 Å². The number of carbonyl (C=O) groups excluding carboxylic acids is 1. The van der Waals surface area contributed by atoms with Gasteiger partial charge in [0.15, 0.2) is 11.8 Å². The highest BCUT2D eigenvalue weighted by atomic mass is 19.4. The topological polar surface area (TPSA) is 62.7 Å². The van der Waals surface area contributed by atoms with Crippen molar-refractivity contribution in [2.75, 3.05) is 11.9 Å². The summed E-state index contributed by atoms with van der Waals surface area (Å²) < 4.78 is 37.2. The maximum atomic E-state index is 12.4. The molecule has 1 aromatic carbocycles. The molecule has 0 bridgehead atoms. The number of aryl methyl sites for hydroxylation is 2. The fourth-order valence-corrected chi connectivity index (χ4v) is 2.08. The lowest BCUT2D eigenvalue weighted by Gasteiger charge is -2.14. The first-order chi connectivity index (χ1) is 10.3. The normalized spacial score (nSPS) is 17.7. The summed E-state index contributed by atoms with van der Waals surface area (Å²) in [5.74, 6) is 0. The van der Waals surface area contributed by atoms with Crippen LogP contribution in [-0.2, 0) is 4.84 Å². The summed E-state index contributed by atoms with van der Waals surface area (Å²) in [6.07, 6.45) is -5.66. The standard InChI is InChI=1S/C14H16F3N3O2/c1-8-4-3-5-9(2)12(8)19-13(21)18-7-10-6-11(20-22-10)14(15,16)17/h3-5,10H,6-7H2,1-2H3,(H2,18,19,21)/t10-/m0/s1. The van der Waals surface area contributed by atoms with Gasteiger partial charge in [-0.05, 0) is 25.0 Å². The Morgan fingerprint density at radius 3 is 2.55 bits per heavy atom. The number of hydrogen-bond acceptors (Lipinski definition) is 3. The average Bonchev–Trinajstić information content (AvgIpc) is 2.90. The number of rotatable bonds is 3. The van der Waals surface area contributed by atoms with Crippen molar-refractivity contribution < 1.29 is 22.8 Å². The van der Waals surface area contributed by atoms with Crippen molar-refractivity contribution in [3.8, 4) is 0 Å². The van der Waals surface area contributed by atoms with E-state index < -0.39 is 24.0 Å². The Morgan fingerprint density at radius 1 is 1.36 bits per heavy atom. The predicted molar refractivity (Wildman–Crippen MR) is 75.9 cm³/mol. The molecule has 1 aliphatic rings. The van der Waals surface area contributed by atoms with E-state index in [1.54, 1.807) is 0 Å². The minimum atomic E-state index is -4.49. The highest BCUT2D eigenvalue weighted by molar-refractivity contribution is 5.92. The van der Waals surface area contributed by atoms with Gasteiger partial charge in [-0.2, -0.15) is 13.2 Å². The molecular weight excluding hydrogens is 299 g/mol. The Bertz CT molecular complexity index is 579. The molecule has 0 aromatic heterocycles. The first-order valence-corrected chi connectivity index (χ1v) is 6.68. The zero-order chi connectivity index (χ0) is 16.3. The monoisotopic (exact) mass is 315 g/mol. The Hall–Kier alpha value is -2.25. The second-order valence-electron chi connectivity index (χ2n) is 5.07. The second kappa shape index (κ2) is 6.25. The van der Waals surface area contributed by atoms with E-state index in [2.05, 4.69) is 20.6 Å². The van der Waals surface area contributed by atoms with Crippen molar-refractivity contribution in [3.05, 3.63) is 29.3 Å². The Balaban J connectivity index is 1.83. The third kappa shape index (κ3) is 3.90. The van der Waals surface area contributed by atoms with Crippen LogP contribution in [0.1, 0.15) is 17.5 Å². The number of benzene rings is 1. The fourth-order valence-electron chi connectivity index (χ4n) is 2.08. The molecule has 1 atom stereocenters. The second-order valence-corrected chi connectivity index (χ2v) is 5.07. The summed E-state index contributed by atoms with van der Waals surface area (Å²) >= 11 is 0. The molecule has 1 aromatic rings. The third-order valence-corrected chi connectivity index (χ3v) is 3.27. The minimum Gasteiger partial charge on any atom is -0.390 e. The summed E-state index contributed by atoms with van der Waals surface area (Å²) in [7, 11) is 0. The van der Waals surface area contributed by atoms with Crippen LogP contribution in [0.2, 0.25) is 0 Å². The molecule has 0 unspecified atom stereocenters. The number of nitrogens with one attached hydrogen (secondary N) is 2. The first kappa shape index (κ1) is 16.1. The predicted octanol–water partition coefficient (Wildman–Crippen LogP) is 3.13. The third-order valence-electron chi connectivity index (χ3n) is 3.27. The van der Waals surface area contributed by atoms with Crippen molar-refractivity contribution in [2.24, 2.45) is 5.16 Å². The van der Waals surface area contributed by atoms with E-state index in [1.807, 2.05) is 32.0 Å². The number of hydrogen-bond donors (Lipinski definition) is 2. The van der Waals surface area contributed by atoms with Crippen molar-refractivity contribution in [3.63, 3.8) is 0 Å². The lowest BCUT2D eigenvalue weighted by atomic mass is 10.1. The smallest absolute Gasteiger partial charge is 0.390 e. The van der Waals surface area contributed by atoms with Crippen LogP contribution in [0, 0.1) is 13.8 Å². The molecule has 0 saturated heterocycles. The van der Waals surface area contributed by atoms with Gasteiger partial charge >= 0.3 is 12.2 Å². The van der Waals surface area contributed by atoms with Crippen LogP contribution in [-0.4, -0.2) is 30.6 Å². The van der Waals surface area contributed by atoms with Crippen molar-refractivity contribution in [2.45, 2.75) is 32.5 Å². The lowest BCUT2D eigenvalue weighted by molar-refractivity contribution is -0.0604. The van der Waals surface area contributed by atoms with Gasteiger partial charge in [-0.25, -0.2) is 4.79 Å². The summed E-state index contributed by atoms with van der Waals surface area (Å²) in [5, 5.41) is 8.16. The van der Waals surface area contributed by atoms with E-state index in [-0.39, 0.29) is 13.0 Å². The molecule has 1 heterocycles. The van der Waals surface area contributed by atoms with E-state index >= 15 is 0 Å². The number of anilines is 1. The SMILES string of the molecule is Cc1cccc(C)c1NC(=O)NC[C@@H]1CC(C(F)(F)F)=NO1. The summed E-state index contributed by atoms with van der Waals surface area (Å²) in [4.78, 5) is 16.5. The van der Waals surface area contributed by atoms with Crippen LogP contribution in [0.4, 0.5) is 23.7 Å². The van der Waals surface area contributed by atoms with Gasteiger partial charge in [0.2, 0.25) is 0 Å². The quantitative estimate of drug-likeness (QED) is 0.900. The van der Waals surface area contributed by atoms with Crippen molar-refractivity contribution in [1.82, 2.24) is 5.32 Å². The van der Waals surface area contributed by atoms with Gasteiger partial charge in [0.05, 0.1) is 6.54 Å². The molecule has 8 heteroatoms. The van der Waals surface area contributed by atoms with Gasteiger partial charge in [-0.3, -0.25) is 0 Å². The van der Waals surface area contributed by atoms with E-state index in [0.717, 1.165) is 11.1 Å². The maximum absolute atomic E-state index is 12.4. The Labute approximate surface area is 125 Å². The van der Waals surface area contributed by atoms with E-state index in [0.29, 0.717) is 5.69 Å². The number of urea groups is 1. The molecule has 1 aliphatic heterocycles. The van der Waals surface area contributed by atoms with E-state index in [4.69, 9.17) is 0 Å². The first-order valence-electron chi connectivity index (χ1n) is 6.68. The highest BCUT2D eigenvalue weighted by Gasteiger charge is 2.41. The molecule has 0 aliphatic carbocycles. The summed E-state index contributed by atoms with van der Waals surface area (Å²) in [6, 6.07) is 5.08. The van der Waals surface area contributed by atoms with E-state index in [1.165, 1.54) is 0 Å². The van der Waals surface area contributed by atoms with Crippen LogP contribution in [0.15, 0.2) is 23.4 Å². The zero-order valence-electron chi connectivity index (χ0n) is 12.1. The molecule has 2 N–H and O–H groups in total. The van der Waals surface area contributed by atoms with Crippen LogP contribution in [0.5, 0.6) is 0 Å². The Kier molecular flexibility index (Phi) is 4.58. The molecule has 2 amide bonds. The number of halogens is 3. The molecule has 5 nitrogen and oxygen atoms in total. The lowest BCUT2D eigenvalue weighted by Crippen LogP contribution is -2.36. The highest BCUT2D eigenvalue weighted by Crippen LogP contribution is 2.25. The van der Waals surface area contributed by atoms with Crippen LogP contribution in [0.3, 0.4) is 0 Å². The summed E-state index contributed by atoms with van der Waals surface area (Å²) in [5.41, 5.74) is 1.51.